The van der Waals surface area contributed by atoms with Gasteiger partial charge in [0, 0.05) is 11.3 Å². The number of rotatable bonds is 4. The van der Waals surface area contributed by atoms with E-state index >= 15 is 0 Å². The van der Waals surface area contributed by atoms with Crippen molar-refractivity contribution in [2.75, 3.05) is 12.5 Å². The molecule has 2 rings (SSSR count). The molecule has 0 fully saturated rings. The van der Waals surface area contributed by atoms with Crippen LogP contribution in [0.2, 0.25) is 0 Å². The Labute approximate surface area is 145 Å². The van der Waals surface area contributed by atoms with Crippen molar-refractivity contribution in [3.05, 3.63) is 53.0 Å². The van der Waals surface area contributed by atoms with Gasteiger partial charge in [0.15, 0.2) is 0 Å². The lowest BCUT2D eigenvalue weighted by Gasteiger charge is -2.13. The molecule has 1 aromatic carbocycles. The van der Waals surface area contributed by atoms with Gasteiger partial charge in [-0.3, -0.25) is 4.39 Å². The number of carbonyl (C=O) groups is 1. The summed E-state index contributed by atoms with van der Waals surface area (Å²) >= 11 is 0. The number of carbonyl (C=O) groups excluding carboxylic acids is 1. The van der Waals surface area contributed by atoms with Crippen molar-refractivity contribution in [1.82, 2.24) is 5.32 Å². The Morgan fingerprint density at radius 3 is 2.31 bits per heavy atom. The van der Waals surface area contributed by atoms with E-state index in [9.17, 15) is 31.1 Å². The summed E-state index contributed by atoms with van der Waals surface area (Å²) in [5.74, 6) is 1.08. The van der Waals surface area contributed by atoms with E-state index in [-0.39, 0.29) is 12.2 Å². The minimum atomic E-state index is -4.80. The molecule has 1 aromatic heterocycles. The second-order valence-electron chi connectivity index (χ2n) is 4.96. The van der Waals surface area contributed by atoms with Crippen LogP contribution in [0.5, 0.6) is 0 Å². The van der Waals surface area contributed by atoms with Gasteiger partial charge in [-0.15, -0.1) is 0 Å². The van der Waals surface area contributed by atoms with Crippen LogP contribution in [0, 0.1) is 6.92 Å². The quantitative estimate of drug-likeness (QED) is 0.691. The molecule has 0 aliphatic heterocycles. The summed E-state index contributed by atoms with van der Waals surface area (Å²) in [4.78, 5) is 11.7. The fourth-order valence-electron chi connectivity index (χ4n) is 1.94. The number of hydrogen-bond donors (Lipinski definition) is 2. The average molecular weight is 382 g/mol. The lowest BCUT2D eigenvalue weighted by molar-refractivity contribution is -0.137. The molecule has 4 nitrogen and oxygen atoms in total. The molecule has 0 bridgehead atoms. The molecule has 144 valence electrons. The molecular formula is C16H16F6N2O2. The maximum absolute atomic E-state index is 12.7. The molecular weight excluding hydrogens is 366 g/mol. The normalized spacial score (nSPS) is 11.0. The van der Waals surface area contributed by atoms with E-state index in [4.69, 9.17) is 4.42 Å². The Bertz CT molecular complexity index is 728. The number of aryl methyl sites for hydroxylation is 1. The number of urea groups is 1. The fraction of sp³-hybridized carbons (Fsp3) is 0.312. The van der Waals surface area contributed by atoms with Gasteiger partial charge in [-0.25, -0.2) is 13.6 Å². The summed E-state index contributed by atoms with van der Waals surface area (Å²) in [5.41, 5.74) is -2.48. The number of hydrogen-bond acceptors (Lipinski definition) is 2. The second-order valence-corrected chi connectivity index (χ2v) is 4.96. The molecule has 2 aromatic rings. The predicted octanol–water partition coefficient (Wildman–Crippen LogP) is 5.45. The lowest BCUT2D eigenvalue weighted by Crippen LogP contribution is -2.28. The van der Waals surface area contributed by atoms with E-state index in [2.05, 4.69) is 10.6 Å². The minimum Gasteiger partial charge on any atom is -0.465 e. The molecule has 0 atom stereocenters. The van der Waals surface area contributed by atoms with Gasteiger partial charge in [-0.05, 0) is 37.3 Å². The SMILES string of the molecule is CF.Cc1ccc(CNC(=O)Nc2cc(C(F)F)cc(C(F)(F)F)c2)o1. The van der Waals surface area contributed by atoms with Crippen LogP contribution in [-0.2, 0) is 12.7 Å². The largest absolute Gasteiger partial charge is 0.465 e. The van der Waals surface area contributed by atoms with Gasteiger partial charge in [0.1, 0.15) is 11.5 Å². The third-order valence-electron chi connectivity index (χ3n) is 3.01. The summed E-state index contributed by atoms with van der Waals surface area (Å²) in [5, 5.41) is 4.46. The van der Waals surface area contributed by atoms with Crippen LogP contribution in [0.25, 0.3) is 0 Å². The van der Waals surface area contributed by atoms with E-state index in [1.54, 1.807) is 19.1 Å². The van der Waals surface area contributed by atoms with Gasteiger partial charge in [-0.1, -0.05) is 0 Å². The minimum absolute atomic E-state index is 0.000337. The molecule has 0 unspecified atom stereocenters. The maximum atomic E-state index is 12.7. The predicted molar refractivity (Wildman–Crippen MR) is 82.7 cm³/mol. The zero-order valence-electron chi connectivity index (χ0n) is 13.8. The maximum Gasteiger partial charge on any atom is 0.416 e. The van der Waals surface area contributed by atoms with Crippen molar-refractivity contribution in [3.63, 3.8) is 0 Å². The van der Waals surface area contributed by atoms with Crippen LogP contribution in [0.3, 0.4) is 0 Å². The van der Waals surface area contributed by atoms with Crippen LogP contribution in [0.15, 0.2) is 34.7 Å². The first kappa shape index (κ1) is 21.4. The number of anilines is 1. The van der Waals surface area contributed by atoms with Gasteiger partial charge in [0.25, 0.3) is 6.43 Å². The van der Waals surface area contributed by atoms with Crippen molar-refractivity contribution in [3.8, 4) is 0 Å². The van der Waals surface area contributed by atoms with Gasteiger partial charge in [0.05, 0.1) is 19.3 Å². The number of nitrogens with one attached hydrogen (secondary N) is 2. The number of amides is 2. The van der Waals surface area contributed by atoms with Crippen LogP contribution in [0.4, 0.5) is 36.8 Å². The van der Waals surface area contributed by atoms with Gasteiger partial charge >= 0.3 is 12.2 Å². The van der Waals surface area contributed by atoms with E-state index in [0.717, 1.165) is 6.07 Å². The highest BCUT2D eigenvalue weighted by Gasteiger charge is 2.32. The molecule has 0 saturated carbocycles. The molecule has 0 radical (unpaired) electrons. The molecule has 0 saturated heterocycles. The van der Waals surface area contributed by atoms with Crippen LogP contribution in [0.1, 0.15) is 29.1 Å². The molecule has 0 aliphatic rings. The first-order chi connectivity index (χ1) is 12.1. The Morgan fingerprint density at radius 1 is 1.15 bits per heavy atom. The van der Waals surface area contributed by atoms with Crippen molar-refractivity contribution < 1.29 is 35.6 Å². The fourth-order valence-corrected chi connectivity index (χ4v) is 1.94. The Kier molecular flexibility index (Phi) is 7.54. The number of furan rings is 1. The second kappa shape index (κ2) is 9.16. The molecule has 10 heteroatoms. The first-order valence-electron chi connectivity index (χ1n) is 7.13. The standard InChI is InChI=1S/C15H13F5N2O2.CH3F/c1-8-2-3-12(24-8)7-21-14(23)22-11-5-9(13(16)17)4-10(6-11)15(18,19)20;1-2/h2-6,13H,7H2,1H3,(H2,21,22,23);1H3. The van der Waals surface area contributed by atoms with Crippen molar-refractivity contribution in [2.24, 2.45) is 0 Å². The summed E-state index contributed by atoms with van der Waals surface area (Å²) in [6.07, 6.45) is -7.90. The highest BCUT2D eigenvalue weighted by molar-refractivity contribution is 5.89. The molecule has 0 aliphatic carbocycles. The highest BCUT2D eigenvalue weighted by Crippen LogP contribution is 2.34. The third kappa shape index (κ3) is 6.34. The average Bonchev–Trinajstić information content (AvgIpc) is 2.99. The molecule has 2 N–H and O–H groups in total. The summed E-state index contributed by atoms with van der Waals surface area (Å²) < 4.78 is 78.3. The van der Waals surface area contributed by atoms with E-state index < -0.39 is 29.8 Å². The van der Waals surface area contributed by atoms with Gasteiger partial charge in [0.2, 0.25) is 0 Å². The van der Waals surface area contributed by atoms with Crippen LogP contribution < -0.4 is 10.6 Å². The molecule has 1 heterocycles. The number of benzene rings is 1. The van der Waals surface area contributed by atoms with Crippen LogP contribution >= 0.6 is 0 Å². The van der Waals surface area contributed by atoms with E-state index in [1.807, 2.05) is 0 Å². The third-order valence-corrected chi connectivity index (χ3v) is 3.01. The lowest BCUT2D eigenvalue weighted by atomic mass is 10.1. The van der Waals surface area contributed by atoms with Crippen molar-refractivity contribution in [2.45, 2.75) is 26.1 Å². The zero-order chi connectivity index (χ0) is 19.9. The monoisotopic (exact) mass is 382 g/mol. The molecule has 2 amide bonds. The van der Waals surface area contributed by atoms with Crippen LogP contribution in [-0.4, -0.2) is 13.2 Å². The Balaban J connectivity index is 0.00000163. The number of alkyl halides is 6. The van der Waals surface area contributed by atoms with Crippen molar-refractivity contribution >= 4 is 11.7 Å². The summed E-state index contributed by atoms with van der Waals surface area (Å²) in [7, 11) is 0.500. The highest BCUT2D eigenvalue weighted by atomic mass is 19.4. The van der Waals surface area contributed by atoms with E-state index in [0.29, 0.717) is 30.8 Å². The van der Waals surface area contributed by atoms with E-state index in [1.165, 1.54) is 0 Å². The Morgan fingerprint density at radius 2 is 1.81 bits per heavy atom. The smallest absolute Gasteiger partial charge is 0.416 e. The van der Waals surface area contributed by atoms with Crippen molar-refractivity contribution in [1.29, 1.82) is 0 Å². The molecule has 26 heavy (non-hydrogen) atoms. The summed E-state index contributed by atoms with van der Waals surface area (Å²) in [6.45, 7) is 1.71. The molecule has 0 spiro atoms. The topological polar surface area (TPSA) is 54.3 Å². The zero-order valence-corrected chi connectivity index (χ0v) is 13.8. The Hall–Kier alpha value is -2.65. The first-order valence-corrected chi connectivity index (χ1v) is 7.13. The van der Waals surface area contributed by atoms with Gasteiger partial charge < -0.3 is 15.1 Å². The number of halogens is 6. The summed E-state index contributed by atoms with van der Waals surface area (Å²) in [6, 6.07) is 4.17. The van der Waals surface area contributed by atoms with Gasteiger partial charge in [-0.2, -0.15) is 13.2 Å².